The standard InChI is InChI=1S/C40H38F5N3O3S/c1-51-22-21-46-19-17-32(18-20-46)47(24-27-9-11-28(12-10-27)29-13-15-31(16-14-29)40(43,44)45)37(50)25-48-35-8-3-2-6-33(35)36(49)23-38(48)52-26-30-5-4-7-34(41)39(30)42/h2-16,23,32H,17-22,24-26H2,1H3/i21D2,22D2,24D2,25D2. The summed E-state index contributed by atoms with van der Waals surface area (Å²) in [7, 11) is 1.01. The van der Waals surface area contributed by atoms with Crippen molar-refractivity contribution in [3.05, 3.63) is 136 Å². The van der Waals surface area contributed by atoms with E-state index in [-0.39, 0.29) is 58.7 Å². The van der Waals surface area contributed by atoms with Gasteiger partial charge in [-0.1, -0.05) is 60.7 Å². The van der Waals surface area contributed by atoms with Gasteiger partial charge in [0, 0.05) is 64.7 Å². The number of hydrogen-bond acceptors (Lipinski definition) is 5. The van der Waals surface area contributed by atoms with Crippen LogP contribution in [0.5, 0.6) is 0 Å². The Bertz CT molecular complexity index is 2430. The maximum absolute atomic E-state index is 15.1. The predicted molar refractivity (Wildman–Crippen MR) is 193 cm³/mol. The smallest absolute Gasteiger partial charge is 0.383 e. The first-order chi connectivity index (χ1) is 28.0. The molecule has 0 N–H and O–H groups in total. The number of rotatable bonds is 12. The lowest BCUT2D eigenvalue weighted by molar-refractivity contribution is -0.137. The van der Waals surface area contributed by atoms with Gasteiger partial charge >= 0.3 is 6.18 Å². The number of methoxy groups -OCH3 is 1. The number of likely N-dealkylation sites (tertiary alicyclic amines) is 1. The van der Waals surface area contributed by atoms with Crippen molar-refractivity contribution in [1.29, 1.82) is 0 Å². The van der Waals surface area contributed by atoms with Crippen LogP contribution in [0.3, 0.4) is 0 Å². The van der Waals surface area contributed by atoms with Crippen LogP contribution in [0, 0.1) is 11.6 Å². The number of carbonyl (C=O) groups is 1. The lowest BCUT2D eigenvalue weighted by Crippen LogP contribution is -2.48. The monoisotopic (exact) mass is 743 g/mol. The highest BCUT2D eigenvalue weighted by molar-refractivity contribution is 7.98. The van der Waals surface area contributed by atoms with Gasteiger partial charge in [-0.3, -0.25) is 9.59 Å². The van der Waals surface area contributed by atoms with Crippen molar-refractivity contribution in [2.45, 2.75) is 48.8 Å². The molecule has 0 atom stereocenters. The predicted octanol–water partition coefficient (Wildman–Crippen LogP) is 8.40. The van der Waals surface area contributed by atoms with Crippen molar-refractivity contribution in [3.8, 4) is 11.1 Å². The second-order valence-corrected chi connectivity index (χ2v) is 12.9. The van der Waals surface area contributed by atoms with E-state index in [1.165, 1.54) is 72.8 Å². The van der Waals surface area contributed by atoms with Crippen LogP contribution in [-0.2, 0) is 34.5 Å². The van der Waals surface area contributed by atoms with Crippen LogP contribution in [0.4, 0.5) is 22.0 Å². The minimum atomic E-state index is -4.56. The molecule has 0 aliphatic carbocycles. The van der Waals surface area contributed by atoms with Crippen molar-refractivity contribution < 1.29 is 42.4 Å². The summed E-state index contributed by atoms with van der Waals surface area (Å²) in [4.78, 5) is 30.3. The highest BCUT2D eigenvalue weighted by atomic mass is 32.2. The number of aromatic nitrogens is 1. The summed E-state index contributed by atoms with van der Waals surface area (Å²) in [6.45, 7) is -11.9. The maximum Gasteiger partial charge on any atom is 0.416 e. The highest BCUT2D eigenvalue weighted by Crippen LogP contribution is 2.32. The van der Waals surface area contributed by atoms with Crippen molar-refractivity contribution in [3.63, 3.8) is 0 Å². The molecule has 0 unspecified atom stereocenters. The molecule has 2 heterocycles. The number of fused-ring (bicyclic) bond motifs is 1. The number of carbonyl (C=O) groups excluding carboxylic acids is 1. The van der Waals surface area contributed by atoms with E-state index in [1.54, 1.807) is 0 Å². The zero-order valence-electron chi connectivity index (χ0n) is 35.7. The fraction of sp³-hybridized carbons (Fsp3) is 0.300. The van der Waals surface area contributed by atoms with Gasteiger partial charge < -0.3 is 19.1 Å². The van der Waals surface area contributed by atoms with Crippen LogP contribution in [0.15, 0.2) is 107 Å². The number of ether oxygens (including phenoxy) is 1. The van der Waals surface area contributed by atoms with Crippen molar-refractivity contribution >= 4 is 28.6 Å². The van der Waals surface area contributed by atoms with E-state index >= 15 is 4.79 Å². The largest absolute Gasteiger partial charge is 0.416 e. The molecule has 0 bridgehead atoms. The van der Waals surface area contributed by atoms with Crippen LogP contribution in [0.25, 0.3) is 22.0 Å². The second-order valence-electron chi connectivity index (χ2n) is 11.9. The Hall–Kier alpha value is -4.52. The summed E-state index contributed by atoms with van der Waals surface area (Å²) in [6, 6.07) is 19.1. The molecule has 272 valence electrons. The van der Waals surface area contributed by atoms with Crippen molar-refractivity contribution in [2.75, 3.05) is 33.3 Å². The number of alkyl halides is 3. The summed E-state index contributed by atoms with van der Waals surface area (Å²) in [6.07, 6.45) is -4.88. The summed E-state index contributed by atoms with van der Waals surface area (Å²) >= 11 is 0.750. The number of para-hydroxylation sites is 1. The van der Waals surface area contributed by atoms with E-state index in [2.05, 4.69) is 0 Å². The topological polar surface area (TPSA) is 54.8 Å². The molecular weight excluding hydrogens is 698 g/mol. The minimum absolute atomic E-state index is 0.00632. The van der Waals surface area contributed by atoms with E-state index in [4.69, 9.17) is 10.2 Å². The number of benzene rings is 4. The van der Waals surface area contributed by atoms with E-state index < -0.39 is 66.8 Å². The quantitative estimate of drug-likeness (QED) is 0.0950. The first-order valence-corrected chi connectivity index (χ1v) is 17.1. The number of amides is 1. The van der Waals surface area contributed by atoms with E-state index in [0.29, 0.717) is 16.0 Å². The molecule has 6 rings (SSSR count). The van der Waals surface area contributed by atoms with Gasteiger partial charge in [0.15, 0.2) is 17.1 Å². The first-order valence-electron chi connectivity index (χ1n) is 20.2. The molecule has 0 radical (unpaired) electrons. The normalized spacial score (nSPS) is 17.6. The third kappa shape index (κ3) is 8.74. The molecule has 1 amide bonds. The Morgan fingerprint density at radius 2 is 1.62 bits per heavy atom. The number of pyridine rings is 1. The molecule has 1 aliphatic heterocycles. The van der Waals surface area contributed by atoms with Crippen LogP contribution in [0.2, 0.25) is 0 Å². The van der Waals surface area contributed by atoms with Crippen LogP contribution >= 0.6 is 11.8 Å². The number of hydrogen-bond donors (Lipinski definition) is 0. The molecular formula is C40H38F5N3O3S. The van der Waals surface area contributed by atoms with E-state index in [1.807, 2.05) is 0 Å². The fourth-order valence-electron chi connectivity index (χ4n) is 5.81. The van der Waals surface area contributed by atoms with Gasteiger partial charge in [0.1, 0.15) is 6.50 Å². The number of nitrogens with zero attached hydrogens (tertiary/aromatic N) is 3. The van der Waals surface area contributed by atoms with Gasteiger partial charge in [0.25, 0.3) is 0 Å². The molecule has 6 nitrogen and oxygen atoms in total. The summed E-state index contributed by atoms with van der Waals surface area (Å²) in [5.74, 6) is -3.99. The van der Waals surface area contributed by atoms with Gasteiger partial charge in [-0.25, -0.2) is 8.78 Å². The molecule has 5 aromatic rings. The lowest BCUT2D eigenvalue weighted by atomic mass is 10.00. The van der Waals surface area contributed by atoms with Gasteiger partial charge in [-0.05, 0) is 59.9 Å². The molecule has 52 heavy (non-hydrogen) atoms. The molecule has 1 fully saturated rings. The molecule has 1 saturated heterocycles. The van der Waals surface area contributed by atoms with Crippen LogP contribution in [0.1, 0.15) is 40.5 Å². The Morgan fingerprint density at radius 1 is 0.942 bits per heavy atom. The van der Waals surface area contributed by atoms with E-state index in [0.717, 1.165) is 52.6 Å². The van der Waals surface area contributed by atoms with Crippen LogP contribution < -0.4 is 5.43 Å². The Labute approximate surface area is 314 Å². The Balaban J connectivity index is 1.43. The minimum Gasteiger partial charge on any atom is -0.383 e. The van der Waals surface area contributed by atoms with E-state index in [9.17, 15) is 32.2 Å². The fourth-order valence-corrected chi connectivity index (χ4v) is 6.80. The van der Waals surface area contributed by atoms with Gasteiger partial charge in [0.2, 0.25) is 5.91 Å². The first kappa shape index (κ1) is 28.0. The average Bonchev–Trinajstić information content (AvgIpc) is 3.21. The third-order valence-corrected chi connectivity index (χ3v) is 9.59. The van der Waals surface area contributed by atoms with Gasteiger partial charge in [0.05, 0.1) is 30.9 Å². The molecule has 4 aromatic carbocycles. The molecule has 0 saturated carbocycles. The molecule has 1 aliphatic rings. The summed E-state index contributed by atoms with van der Waals surface area (Å²) < 4.78 is 145. The SMILES string of the molecule is [2H]C([2H])(c1ccc(-c2ccc(C(F)(F)F)cc2)cc1)N(C(=O)C([2H])([2H])n1c(SCc2cccc(F)c2F)cc(=O)c2ccccc21)C1CCN(C([2H])([2H])C([2H])([2H])OC)CC1. The Morgan fingerprint density at radius 3 is 2.29 bits per heavy atom. The van der Waals surface area contributed by atoms with Crippen molar-refractivity contribution in [2.24, 2.45) is 0 Å². The average molecular weight is 744 g/mol. The van der Waals surface area contributed by atoms with Gasteiger partial charge in [-0.15, -0.1) is 11.8 Å². The summed E-state index contributed by atoms with van der Waals surface area (Å²) in [5.41, 5.74) is -0.945. The number of thioether (sulfide) groups is 1. The maximum atomic E-state index is 15.1. The van der Waals surface area contributed by atoms with Crippen LogP contribution in [-0.4, -0.2) is 59.6 Å². The zero-order chi connectivity index (χ0) is 44.0. The second kappa shape index (κ2) is 16.4. The number of piperidine rings is 1. The molecule has 0 spiro atoms. The lowest BCUT2D eigenvalue weighted by Gasteiger charge is -2.39. The van der Waals surface area contributed by atoms with Gasteiger partial charge in [-0.2, -0.15) is 13.2 Å². The molecule has 12 heteroatoms. The Kier molecular flexibility index (Phi) is 8.86. The zero-order valence-corrected chi connectivity index (χ0v) is 28.5. The third-order valence-electron chi connectivity index (χ3n) is 8.53. The summed E-state index contributed by atoms with van der Waals surface area (Å²) in [5, 5.41) is -0.154. The van der Waals surface area contributed by atoms with Crippen molar-refractivity contribution in [1.82, 2.24) is 14.4 Å². The highest BCUT2D eigenvalue weighted by Gasteiger charge is 2.31. The molecule has 1 aromatic heterocycles. The number of halogens is 5.